The summed E-state index contributed by atoms with van der Waals surface area (Å²) in [4.78, 5) is 0. The highest BCUT2D eigenvalue weighted by molar-refractivity contribution is 5.11. The molecule has 0 unspecified atom stereocenters. The highest BCUT2D eigenvalue weighted by Crippen LogP contribution is 2.34. The van der Waals surface area contributed by atoms with Crippen molar-refractivity contribution in [2.45, 2.75) is 40.2 Å². The van der Waals surface area contributed by atoms with Gasteiger partial charge in [0.15, 0.2) is 0 Å². The Bertz CT molecular complexity index is 337. The van der Waals surface area contributed by atoms with Gasteiger partial charge >= 0.3 is 0 Å². The van der Waals surface area contributed by atoms with Crippen molar-refractivity contribution in [3.63, 3.8) is 0 Å². The second-order valence-electron chi connectivity index (χ2n) is 5.58. The Morgan fingerprint density at radius 1 is 1.50 bits per heavy atom. The Balaban J connectivity index is 2.00. The van der Waals surface area contributed by atoms with E-state index in [1.165, 1.54) is 31.5 Å². The number of nitrogens with one attached hydrogen (secondary N) is 1. The molecular formula is C13H23N3. The fourth-order valence-corrected chi connectivity index (χ4v) is 2.79. The molecule has 90 valence electrons. The summed E-state index contributed by atoms with van der Waals surface area (Å²) in [6.07, 6.45) is 6.72. The van der Waals surface area contributed by atoms with Crippen molar-refractivity contribution in [1.82, 2.24) is 15.1 Å². The molecule has 0 aliphatic carbocycles. The first-order valence-corrected chi connectivity index (χ1v) is 6.35. The summed E-state index contributed by atoms with van der Waals surface area (Å²) in [5.74, 6) is 0.781. The zero-order valence-corrected chi connectivity index (χ0v) is 10.7. The number of rotatable bonds is 5. The molecule has 3 nitrogen and oxygen atoms in total. The summed E-state index contributed by atoms with van der Waals surface area (Å²) >= 11 is 0. The maximum atomic E-state index is 4.35. The average molecular weight is 221 g/mol. The first-order chi connectivity index (χ1) is 7.63. The highest BCUT2D eigenvalue weighted by atomic mass is 15.3. The Hall–Kier alpha value is -0.830. The van der Waals surface area contributed by atoms with Crippen LogP contribution in [-0.4, -0.2) is 22.9 Å². The summed E-state index contributed by atoms with van der Waals surface area (Å²) in [7, 11) is 0. The first kappa shape index (κ1) is 11.6. The maximum absolute atomic E-state index is 4.35. The number of nitrogens with zero attached hydrogens (tertiary/aromatic N) is 2. The van der Waals surface area contributed by atoms with E-state index in [0.29, 0.717) is 5.41 Å². The van der Waals surface area contributed by atoms with Gasteiger partial charge < -0.3 is 5.32 Å². The van der Waals surface area contributed by atoms with E-state index in [1.807, 2.05) is 10.9 Å². The third-order valence-corrected chi connectivity index (χ3v) is 3.43. The van der Waals surface area contributed by atoms with Crippen LogP contribution >= 0.6 is 0 Å². The second kappa shape index (κ2) is 4.58. The minimum atomic E-state index is 0.496. The molecule has 1 aromatic heterocycles. The molecule has 0 radical (unpaired) electrons. The predicted molar refractivity (Wildman–Crippen MR) is 66.4 cm³/mol. The summed E-state index contributed by atoms with van der Waals surface area (Å²) in [6.45, 7) is 10.1. The monoisotopic (exact) mass is 221 g/mol. The molecular weight excluding hydrogens is 198 g/mol. The van der Waals surface area contributed by atoms with E-state index in [4.69, 9.17) is 0 Å². The topological polar surface area (TPSA) is 29.9 Å². The first-order valence-electron chi connectivity index (χ1n) is 6.35. The van der Waals surface area contributed by atoms with Crippen LogP contribution in [0.3, 0.4) is 0 Å². The van der Waals surface area contributed by atoms with Gasteiger partial charge in [0, 0.05) is 25.8 Å². The minimum Gasteiger partial charge on any atom is -0.316 e. The number of hydrogen-bond donors (Lipinski definition) is 1. The maximum Gasteiger partial charge on any atom is 0.0521 e. The summed E-state index contributed by atoms with van der Waals surface area (Å²) in [5, 5.41) is 7.77. The van der Waals surface area contributed by atoms with Crippen LogP contribution in [0, 0.1) is 11.3 Å². The molecule has 1 fully saturated rings. The van der Waals surface area contributed by atoms with Crippen molar-refractivity contribution in [3.05, 3.63) is 18.0 Å². The summed E-state index contributed by atoms with van der Waals surface area (Å²) in [6, 6.07) is 0. The molecule has 1 saturated heterocycles. The van der Waals surface area contributed by atoms with Gasteiger partial charge in [0.05, 0.1) is 6.20 Å². The van der Waals surface area contributed by atoms with Crippen molar-refractivity contribution in [3.8, 4) is 0 Å². The molecule has 0 aromatic carbocycles. The van der Waals surface area contributed by atoms with Crippen molar-refractivity contribution in [2.24, 2.45) is 11.3 Å². The van der Waals surface area contributed by atoms with Gasteiger partial charge in [0.1, 0.15) is 0 Å². The van der Waals surface area contributed by atoms with E-state index >= 15 is 0 Å². The third kappa shape index (κ3) is 2.46. The van der Waals surface area contributed by atoms with Gasteiger partial charge in [-0.2, -0.15) is 5.10 Å². The molecule has 1 N–H and O–H groups in total. The Labute approximate surface area is 98.2 Å². The van der Waals surface area contributed by atoms with Crippen molar-refractivity contribution in [1.29, 1.82) is 0 Å². The lowest BCUT2D eigenvalue weighted by Gasteiger charge is -2.44. The van der Waals surface area contributed by atoms with Crippen LogP contribution in [0.5, 0.6) is 0 Å². The molecule has 0 saturated carbocycles. The fraction of sp³-hybridized carbons (Fsp3) is 0.769. The zero-order valence-electron chi connectivity index (χ0n) is 10.7. The molecule has 1 aromatic rings. The van der Waals surface area contributed by atoms with E-state index in [0.717, 1.165) is 12.5 Å². The van der Waals surface area contributed by atoms with Crippen LogP contribution in [0.1, 0.15) is 32.8 Å². The SMILES string of the molecule is CCn1cc(CC2(CC(C)C)CNC2)cn1. The van der Waals surface area contributed by atoms with Crippen molar-refractivity contribution < 1.29 is 0 Å². The standard InChI is InChI=1S/C13H23N3/c1-4-16-8-12(7-15-16)6-13(5-11(2)3)9-14-10-13/h7-8,11,14H,4-6,9-10H2,1-3H3. The van der Waals surface area contributed by atoms with Crippen molar-refractivity contribution in [2.75, 3.05) is 13.1 Å². The quantitative estimate of drug-likeness (QED) is 0.825. The van der Waals surface area contributed by atoms with Gasteiger partial charge in [-0.15, -0.1) is 0 Å². The molecule has 3 heteroatoms. The zero-order chi connectivity index (χ0) is 11.6. The summed E-state index contributed by atoms with van der Waals surface area (Å²) in [5.41, 5.74) is 1.89. The van der Waals surface area contributed by atoms with Crippen LogP contribution in [0.2, 0.25) is 0 Å². The molecule has 2 heterocycles. The molecule has 0 bridgehead atoms. The predicted octanol–water partition coefficient (Wildman–Crippen LogP) is 2.08. The minimum absolute atomic E-state index is 0.496. The molecule has 1 aliphatic heterocycles. The fourth-order valence-electron chi connectivity index (χ4n) is 2.79. The van der Waals surface area contributed by atoms with E-state index < -0.39 is 0 Å². The van der Waals surface area contributed by atoms with Crippen LogP contribution in [-0.2, 0) is 13.0 Å². The Morgan fingerprint density at radius 3 is 2.69 bits per heavy atom. The van der Waals surface area contributed by atoms with Crippen LogP contribution < -0.4 is 5.32 Å². The lowest BCUT2D eigenvalue weighted by Crippen LogP contribution is -2.55. The Kier molecular flexibility index (Phi) is 3.33. The third-order valence-electron chi connectivity index (χ3n) is 3.43. The van der Waals surface area contributed by atoms with Gasteiger partial charge in [-0.25, -0.2) is 0 Å². The van der Waals surface area contributed by atoms with Gasteiger partial charge in [0.25, 0.3) is 0 Å². The molecule has 0 atom stereocenters. The second-order valence-corrected chi connectivity index (χ2v) is 5.58. The van der Waals surface area contributed by atoms with E-state index in [2.05, 4.69) is 37.4 Å². The smallest absolute Gasteiger partial charge is 0.0521 e. The molecule has 1 aliphatic rings. The highest BCUT2D eigenvalue weighted by Gasteiger charge is 2.37. The van der Waals surface area contributed by atoms with Crippen LogP contribution in [0.15, 0.2) is 12.4 Å². The Morgan fingerprint density at radius 2 is 2.25 bits per heavy atom. The average Bonchev–Trinajstić information content (AvgIpc) is 2.61. The molecule has 0 spiro atoms. The van der Waals surface area contributed by atoms with E-state index in [-0.39, 0.29) is 0 Å². The lowest BCUT2D eigenvalue weighted by molar-refractivity contribution is 0.131. The number of aromatic nitrogens is 2. The van der Waals surface area contributed by atoms with Crippen molar-refractivity contribution >= 4 is 0 Å². The van der Waals surface area contributed by atoms with Crippen LogP contribution in [0.25, 0.3) is 0 Å². The molecule has 0 amide bonds. The molecule has 2 rings (SSSR count). The normalized spacial score (nSPS) is 18.8. The van der Waals surface area contributed by atoms with E-state index in [9.17, 15) is 0 Å². The van der Waals surface area contributed by atoms with Gasteiger partial charge in [-0.3, -0.25) is 4.68 Å². The molecule has 16 heavy (non-hydrogen) atoms. The van der Waals surface area contributed by atoms with E-state index in [1.54, 1.807) is 0 Å². The number of hydrogen-bond acceptors (Lipinski definition) is 2. The number of aryl methyl sites for hydroxylation is 1. The van der Waals surface area contributed by atoms with Crippen LogP contribution in [0.4, 0.5) is 0 Å². The van der Waals surface area contributed by atoms with Gasteiger partial charge in [-0.05, 0) is 36.7 Å². The van der Waals surface area contributed by atoms with Gasteiger partial charge in [0.2, 0.25) is 0 Å². The van der Waals surface area contributed by atoms with Gasteiger partial charge in [-0.1, -0.05) is 13.8 Å². The lowest BCUT2D eigenvalue weighted by atomic mass is 9.71. The largest absolute Gasteiger partial charge is 0.316 e. The summed E-state index contributed by atoms with van der Waals surface area (Å²) < 4.78 is 2.02.